The molecule has 0 N–H and O–H groups in total. The van der Waals surface area contributed by atoms with Crippen molar-refractivity contribution in [1.82, 2.24) is 0 Å². The third-order valence-electron chi connectivity index (χ3n) is 2.56. The molecule has 2 rings (SSSR count). The van der Waals surface area contributed by atoms with Gasteiger partial charge < -0.3 is 0 Å². The Morgan fingerprint density at radius 2 is 2.05 bits per heavy atom. The highest BCUT2D eigenvalue weighted by molar-refractivity contribution is 7.94. The molecule has 0 unspecified atom stereocenters. The summed E-state index contributed by atoms with van der Waals surface area (Å²) >= 11 is 6.77. The molecule has 1 aromatic carbocycles. The van der Waals surface area contributed by atoms with E-state index in [1.165, 1.54) is 37.4 Å². The normalized spacial score (nSPS) is 11.5. The van der Waals surface area contributed by atoms with Crippen molar-refractivity contribution in [3.05, 3.63) is 47.1 Å². The molecule has 0 aliphatic heterocycles. The maximum atomic E-state index is 13.1. The van der Waals surface area contributed by atoms with Gasteiger partial charge in [0.2, 0.25) is 0 Å². The van der Waals surface area contributed by atoms with Crippen LogP contribution in [0.1, 0.15) is 4.88 Å². The highest BCUT2D eigenvalue weighted by atomic mass is 35.5. The molecule has 0 aliphatic rings. The Morgan fingerprint density at radius 3 is 2.63 bits per heavy atom. The van der Waals surface area contributed by atoms with Crippen LogP contribution in [0.2, 0.25) is 0 Å². The van der Waals surface area contributed by atoms with Gasteiger partial charge in [-0.2, -0.15) is 0 Å². The first kappa shape index (κ1) is 14.3. The maximum absolute atomic E-state index is 13.1. The SMILES string of the molecule is CN(c1cccc(F)c1)S(=O)(=O)c1ccc(CCl)s1. The van der Waals surface area contributed by atoms with Gasteiger partial charge in [0.05, 0.1) is 11.6 Å². The molecular formula is C12H11ClFNO2S2. The van der Waals surface area contributed by atoms with Crippen molar-refractivity contribution < 1.29 is 12.8 Å². The van der Waals surface area contributed by atoms with E-state index in [2.05, 4.69) is 0 Å². The molecule has 2 aromatic rings. The van der Waals surface area contributed by atoms with Gasteiger partial charge in [-0.25, -0.2) is 12.8 Å². The first-order chi connectivity index (χ1) is 8.95. The number of hydrogen-bond donors (Lipinski definition) is 0. The molecule has 0 amide bonds. The minimum Gasteiger partial charge on any atom is -0.269 e. The van der Waals surface area contributed by atoms with Crippen LogP contribution in [0.3, 0.4) is 0 Å². The van der Waals surface area contributed by atoms with Crippen molar-refractivity contribution in [1.29, 1.82) is 0 Å². The summed E-state index contributed by atoms with van der Waals surface area (Å²) in [6.45, 7) is 0. The number of halogens is 2. The molecule has 0 saturated carbocycles. The Kier molecular flexibility index (Phi) is 4.13. The minimum atomic E-state index is -3.67. The van der Waals surface area contributed by atoms with Gasteiger partial charge in [0.25, 0.3) is 10.0 Å². The summed E-state index contributed by atoms with van der Waals surface area (Å²) in [5, 5.41) is 0. The Labute approximate surface area is 120 Å². The molecule has 102 valence electrons. The van der Waals surface area contributed by atoms with Gasteiger partial charge in [0, 0.05) is 11.9 Å². The number of alkyl halides is 1. The Hall–Kier alpha value is -1.11. The van der Waals surface area contributed by atoms with E-state index >= 15 is 0 Å². The van der Waals surface area contributed by atoms with Crippen molar-refractivity contribution in [2.45, 2.75) is 10.1 Å². The average Bonchev–Trinajstić information content (AvgIpc) is 2.87. The lowest BCUT2D eigenvalue weighted by Crippen LogP contribution is -2.25. The van der Waals surface area contributed by atoms with Crippen LogP contribution in [0.25, 0.3) is 0 Å². The maximum Gasteiger partial charge on any atom is 0.273 e. The summed E-state index contributed by atoms with van der Waals surface area (Å²) in [5.41, 5.74) is 0.279. The van der Waals surface area contributed by atoms with Gasteiger partial charge in [-0.3, -0.25) is 4.31 Å². The predicted octanol–water partition coefficient (Wildman–Crippen LogP) is 3.45. The van der Waals surface area contributed by atoms with Crippen LogP contribution in [0.5, 0.6) is 0 Å². The molecule has 3 nitrogen and oxygen atoms in total. The van der Waals surface area contributed by atoms with Gasteiger partial charge in [-0.1, -0.05) is 6.07 Å². The second kappa shape index (κ2) is 5.48. The smallest absolute Gasteiger partial charge is 0.269 e. The number of anilines is 1. The van der Waals surface area contributed by atoms with Gasteiger partial charge in [-0.05, 0) is 30.3 Å². The van der Waals surface area contributed by atoms with E-state index in [1.54, 1.807) is 6.07 Å². The van der Waals surface area contributed by atoms with Gasteiger partial charge in [-0.15, -0.1) is 22.9 Å². The number of benzene rings is 1. The van der Waals surface area contributed by atoms with Crippen LogP contribution in [0.4, 0.5) is 10.1 Å². The standard InChI is InChI=1S/C12H11ClFNO2S2/c1-15(10-4-2-3-9(14)7-10)19(16,17)12-6-5-11(8-13)18-12/h2-7H,8H2,1H3. The number of hydrogen-bond acceptors (Lipinski definition) is 3. The third kappa shape index (κ3) is 2.91. The van der Waals surface area contributed by atoms with Crippen LogP contribution < -0.4 is 4.31 Å². The van der Waals surface area contributed by atoms with Crippen molar-refractivity contribution >= 4 is 38.6 Å². The summed E-state index contributed by atoms with van der Waals surface area (Å²) in [6, 6.07) is 8.62. The van der Waals surface area contributed by atoms with Crippen molar-refractivity contribution in [2.24, 2.45) is 0 Å². The van der Waals surface area contributed by atoms with Gasteiger partial charge in [0.1, 0.15) is 10.0 Å². The van der Waals surface area contributed by atoms with E-state index < -0.39 is 15.8 Å². The van der Waals surface area contributed by atoms with Crippen molar-refractivity contribution in [2.75, 3.05) is 11.4 Å². The van der Waals surface area contributed by atoms with Gasteiger partial charge in [0.15, 0.2) is 0 Å². The molecule has 1 heterocycles. The Balaban J connectivity index is 2.39. The quantitative estimate of drug-likeness (QED) is 0.809. The number of nitrogens with zero attached hydrogens (tertiary/aromatic N) is 1. The van der Waals surface area contributed by atoms with Crippen LogP contribution in [-0.4, -0.2) is 15.5 Å². The molecular weight excluding hydrogens is 309 g/mol. The fourth-order valence-electron chi connectivity index (χ4n) is 1.51. The molecule has 0 radical (unpaired) electrons. The zero-order valence-electron chi connectivity index (χ0n) is 10.0. The van der Waals surface area contributed by atoms with E-state index in [9.17, 15) is 12.8 Å². The number of sulfonamides is 1. The molecule has 0 fully saturated rings. The highest BCUT2D eigenvalue weighted by Crippen LogP contribution is 2.28. The fraction of sp³-hybridized carbons (Fsp3) is 0.167. The first-order valence-corrected chi connectivity index (χ1v) is 8.13. The summed E-state index contributed by atoms with van der Waals surface area (Å²) in [5.74, 6) is -0.212. The van der Waals surface area contributed by atoms with E-state index in [4.69, 9.17) is 11.6 Å². The molecule has 0 saturated heterocycles. The predicted molar refractivity (Wildman–Crippen MR) is 75.9 cm³/mol. The van der Waals surface area contributed by atoms with E-state index in [0.29, 0.717) is 0 Å². The lowest BCUT2D eigenvalue weighted by atomic mass is 10.3. The van der Waals surface area contributed by atoms with Crippen LogP contribution in [0.15, 0.2) is 40.6 Å². The number of thiophene rings is 1. The largest absolute Gasteiger partial charge is 0.273 e. The summed E-state index contributed by atoms with van der Waals surface area (Å²) in [7, 11) is -2.28. The average molecular weight is 320 g/mol. The fourth-order valence-corrected chi connectivity index (χ4v) is 4.33. The molecule has 19 heavy (non-hydrogen) atoms. The zero-order valence-corrected chi connectivity index (χ0v) is 12.4. The summed E-state index contributed by atoms with van der Waals surface area (Å²) in [6.07, 6.45) is 0. The summed E-state index contributed by atoms with van der Waals surface area (Å²) < 4.78 is 39.1. The lowest BCUT2D eigenvalue weighted by Gasteiger charge is -2.18. The topological polar surface area (TPSA) is 37.4 Å². The minimum absolute atomic E-state index is 0.190. The Bertz CT molecular complexity index is 685. The first-order valence-electron chi connectivity index (χ1n) is 5.34. The van der Waals surface area contributed by atoms with Crippen molar-refractivity contribution in [3.8, 4) is 0 Å². The molecule has 1 aromatic heterocycles. The molecule has 0 bridgehead atoms. The van der Waals surface area contributed by atoms with Crippen LogP contribution in [-0.2, 0) is 15.9 Å². The molecule has 7 heteroatoms. The van der Waals surface area contributed by atoms with E-state index in [0.717, 1.165) is 20.5 Å². The second-order valence-corrected chi connectivity index (χ2v) is 7.44. The molecule has 0 spiro atoms. The number of rotatable bonds is 4. The van der Waals surface area contributed by atoms with Crippen molar-refractivity contribution in [3.63, 3.8) is 0 Å². The third-order valence-corrected chi connectivity index (χ3v) is 6.34. The lowest BCUT2D eigenvalue weighted by molar-refractivity contribution is 0.596. The van der Waals surface area contributed by atoms with Gasteiger partial charge >= 0.3 is 0 Å². The monoisotopic (exact) mass is 319 g/mol. The van der Waals surface area contributed by atoms with Crippen LogP contribution in [0, 0.1) is 5.82 Å². The second-order valence-electron chi connectivity index (χ2n) is 3.81. The van der Waals surface area contributed by atoms with E-state index in [1.807, 2.05) is 0 Å². The van der Waals surface area contributed by atoms with Crippen LogP contribution >= 0.6 is 22.9 Å². The summed E-state index contributed by atoms with van der Waals surface area (Å²) in [4.78, 5) is 0.771. The zero-order chi connectivity index (χ0) is 14.0. The van der Waals surface area contributed by atoms with E-state index in [-0.39, 0.29) is 15.8 Å². The Morgan fingerprint density at radius 1 is 1.32 bits per heavy atom. The molecule has 0 aliphatic carbocycles. The molecule has 0 atom stereocenters. The highest BCUT2D eigenvalue weighted by Gasteiger charge is 2.23.